The first kappa shape index (κ1) is 19.8. The highest BCUT2D eigenvalue weighted by atomic mass is 32.1. The van der Waals surface area contributed by atoms with Gasteiger partial charge in [-0.25, -0.2) is 4.79 Å². The number of pyridine rings is 1. The fourth-order valence-electron chi connectivity index (χ4n) is 3.14. The summed E-state index contributed by atoms with van der Waals surface area (Å²) in [5.41, 5.74) is 2.45. The Morgan fingerprint density at radius 3 is 3.04 bits per heavy atom. The minimum absolute atomic E-state index is 0.140. The van der Waals surface area contributed by atoms with Gasteiger partial charge in [-0.3, -0.25) is 9.78 Å². The van der Waals surface area contributed by atoms with Crippen LogP contribution in [0.4, 0.5) is 9.80 Å². The number of amides is 1. The molecule has 1 unspecified atom stereocenters. The Kier molecular flexibility index (Phi) is 6.61. The highest BCUT2D eigenvalue weighted by Gasteiger charge is 2.28. The molecule has 3 rings (SSSR count). The number of fused-ring (bicyclic) bond motifs is 1. The summed E-state index contributed by atoms with van der Waals surface area (Å²) >= 11 is 1.38. The zero-order valence-electron chi connectivity index (χ0n) is 15.6. The monoisotopic (exact) mass is 399 g/mol. The number of carbonyl (C=O) groups is 2. The number of thiophene rings is 1. The van der Waals surface area contributed by atoms with Crippen molar-refractivity contribution in [2.75, 3.05) is 11.9 Å². The number of aromatic nitrogens is 1. The Hall–Kier alpha value is -2.92. The maximum atomic E-state index is 12.3. The molecule has 7 nitrogen and oxygen atoms in total. The Labute approximate surface area is 167 Å². The molecular formula is C20H21N3O4S. The zero-order valence-corrected chi connectivity index (χ0v) is 16.4. The summed E-state index contributed by atoms with van der Waals surface area (Å²) in [5.74, 6) is -0.140. The third kappa shape index (κ3) is 4.87. The second-order valence-electron chi connectivity index (χ2n) is 6.39. The highest BCUT2D eigenvalue weighted by molar-refractivity contribution is 7.16. The molecule has 146 valence electrons. The molecule has 0 spiro atoms. The van der Waals surface area contributed by atoms with Crippen LogP contribution in [-0.4, -0.2) is 29.8 Å². The van der Waals surface area contributed by atoms with Crippen molar-refractivity contribution in [1.29, 1.82) is 5.26 Å². The van der Waals surface area contributed by atoms with Crippen LogP contribution in [0.25, 0.3) is 0 Å². The average Bonchev–Trinajstić information content (AvgIpc) is 3.03. The molecule has 2 heterocycles. The maximum absolute atomic E-state index is 12.3. The molecular weight excluding hydrogens is 378 g/mol. The third-order valence-electron chi connectivity index (χ3n) is 4.47. The van der Waals surface area contributed by atoms with Gasteiger partial charge in [0.2, 0.25) is 5.91 Å². The van der Waals surface area contributed by atoms with E-state index < -0.39 is 6.16 Å². The topological polar surface area (TPSA) is 101 Å². The van der Waals surface area contributed by atoms with Crippen molar-refractivity contribution in [2.24, 2.45) is 0 Å². The predicted molar refractivity (Wildman–Crippen MR) is 104 cm³/mol. The van der Waals surface area contributed by atoms with E-state index in [4.69, 9.17) is 9.47 Å². The van der Waals surface area contributed by atoms with Gasteiger partial charge >= 0.3 is 6.16 Å². The first-order valence-electron chi connectivity index (χ1n) is 9.17. The van der Waals surface area contributed by atoms with E-state index in [2.05, 4.69) is 16.4 Å². The third-order valence-corrected chi connectivity index (χ3v) is 5.64. The van der Waals surface area contributed by atoms with Gasteiger partial charge in [-0.05, 0) is 43.4 Å². The van der Waals surface area contributed by atoms with Gasteiger partial charge in [-0.15, -0.1) is 11.3 Å². The number of nitriles is 1. The van der Waals surface area contributed by atoms with E-state index in [1.807, 2.05) is 12.1 Å². The summed E-state index contributed by atoms with van der Waals surface area (Å²) < 4.78 is 10.1. The van der Waals surface area contributed by atoms with E-state index in [0.717, 1.165) is 16.0 Å². The SMILES string of the molecule is CCOC(=O)OC1CCc2c(sc(NC(=O)CCc3cccnc3)c2C#N)C1. The molecule has 1 N–H and O–H groups in total. The minimum Gasteiger partial charge on any atom is -0.435 e. The van der Waals surface area contributed by atoms with Gasteiger partial charge in [0.15, 0.2) is 0 Å². The second kappa shape index (κ2) is 9.33. The van der Waals surface area contributed by atoms with Crippen LogP contribution in [0.3, 0.4) is 0 Å². The lowest BCUT2D eigenvalue weighted by atomic mass is 9.94. The van der Waals surface area contributed by atoms with E-state index in [1.54, 1.807) is 19.3 Å². The van der Waals surface area contributed by atoms with E-state index in [9.17, 15) is 14.9 Å². The molecule has 0 aliphatic heterocycles. The van der Waals surface area contributed by atoms with Crippen LogP contribution in [0.5, 0.6) is 0 Å². The van der Waals surface area contributed by atoms with Crippen molar-refractivity contribution in [3.8, 4) is 6.07 Å². The van der Waals surface area contributed by atoms with Crippen molar-refractivity contribution in [2.45, 2.75) is 45.1 Å². The van der Waals surface area contributed by atoms with Gasteiger partial charge in [-0.2, -0.15) is 5.26 Å². The standard InChI is InChI=1S/C20H21N3O4S/c1-2-26-20(25)27-14-6-7-15-16(11-21)19(28-17(15)10-14)23-18(24)8-5-13-4-3-9-22-12-13/h3-4,9,12,14H,2,5-8,10H2,1H3,(H,23,24). The number of anilines is 1. The van der Waals surface area contributed by atoms with Crippen molar-refractivity contribution in [3.05, 3.63) is 46.1 Å². The van der Waals surface area contributed by atoms with Gasteiger partial charge in [-0.1, -0.05) is 6.07 Å². The summed E-state index contributed by atoms with van der Waals surface area (Å²) in [4.78, 5) is 28.9. The van der Waals surface area contributed by atoms with Crippen molar-refractivity contribution in [3.63, 3.8) is 0 Å². The van der Waals surface area contributed by atoms with Crippen LogP contribution in [-0.2, 0) is 33.5 Å². The molecule has 8 heteroatoms. The van der Waals surface area contributed by atoms with Crippen molar-refractivity contribution >= 4 is 28.4 Å². The van der Waals surface area contributed by atoms with Crippen LogP contribution in [0.2, 0.25) is 0 Å². The van der Waals surface area contributed by atoms with Crippen LogP contribution >= 0.6 is 11.3 Å². The molecule has 0 radical (unpaired) electrons. The van der Waals surface area contributed by atoms with Crippen LogP contribution in [0, 0.1) is 11.3 Å². The first-order chi connectivity index (χ1) is 13.6. The highest BCUT2D eigenvalue weighted by Crippen LogP contribution is 2.38. The van der Waals surface area contributed by atoms with Gasteiger partial charge in [0, 0.05) is 30.1 Å². The molecule has 1 amide bonds. The molecule has 0 saturated heterocycles. The Morgan fingerprint density at radius 2 is 2.32 bits per heavy atom. The molecule has 28 heavy (non-hydrogen) atoms. The largest absolute Gasteiger partial charge is 0.508 e. The molecule has 0 fully saturated rings. The van der Waals surface area contributed by atoms with E-state index in [0.29, 0.717) is 42.7 Å². The lowest BCUT2D eigenvalue weighted by Crippen LogP contribution is -2.25. The molecule has 0 saturated carbocycles. The molecule has 0 aromatic carbocycles. The van der Waals surface area contributed by atoms with Crippen molar-refractivity contribution in [1.82, 2.24) is 4.98 Å². The number of carbonyl (C=O) groups excluding carboxylic acids is 2. The van der Waals surface area contributed by atoms with E-state index in [-0.39, 0.29) is 18.6 Å². The lowest BCUT2D eigenvalue weighted by molar-refractivity contribution is -0.116. The second-order valence-corrected chi connectivity index (χ2v) is 7.50. The zero-order chi connectivity index (χ0) is 19.9. The molecule has 2 aromatic rings. The number of hydrogen-bond donors (Lipinski definition) is 1. The summed E-state index contributed by atoms with van der Waals surface area (Å²) in [6, 6.07) is 5.97. The summed E-state index contributed by atoms with van der Waals surface area (Å²) in [5, 5.41) is 13.0. The number of ether oxygens (including phenoxy) is 2. The molecule has 1 aliphatic carbocycles. The molecule has 1 aliphatic rings. The number of hydrogen-bond acceptors (Lipinski definition) is 7. The van der Waals surface area contributed by atoms with Crippen molar-refractivity contribution < 1.29 is 19.1 Å². The van der Waals surface area contributed by atoms with Crippen LogP contribution < -0.4 is 5.32 Å². The van der Waals surface area contributed by atoms with Gasteiger partial charge < -0.3 is 14.8 Å². The van der Waals surface area contributed by atoms with Crippen LogP contribution in [0.15, 0.2) is 24.5 Å². The van der Waals surface area contributed by atoms with E-state index in [1.165, 1.54) is 11.3 Å². The summed E-state index contributed by atoms with van der Waals surface area (Å²) in [6.45, 7) is 1.99. The number of nitrogens with one attached hydrogen (secondary N) is 1. The smallest absolute Gasteiger partial charge is 0.435 e. The number of aryl methyl sites for hydroxylation is 1. The first-order valence-corrected chi connectivity index (χ1v) is 9.99. The fourth-order valence-corrected chi connectivity index (χ4v) is 4.42. The summed E-state index contributed by atoms with van der Waals surface area (Å²) in [6.07, 6.45) is 5.17. The van der Waals surface area contributed by atoms with Gasteiger partial charge in [0.1, 0.15) is 17.2 Å². The Bertz CT molecular complexity index is 889. The Balaban J connectivity index is 1.63. The number of nitrogens with zero attached hydrogens (tertiary/aromatic N) is 2. The molecule has 0 bridgehead atoms. The fraction of sp³-hybridized carbons (Fsp3) is 0.400. The summed E-state index contributed by atoms with van der Waals surface area (Å²) in [7, 11) is 0. The predicted octanol–water partition coefficient (Wildman–Crippen LogP) is 3.62. The van der Waals surface area contributed by atoms with Crippen LogP contribution in [0.1, 0.15) is 41.3 Å². The Morgan fingerprint density at radius 1 is 1.46 bits per heavy atom. The average molecular weight is 399 g/mol. The molecule has 1 atom stereocenters. The molecule has 2 aromatic heterocycles. The quantitative estimate of drug-likeness (QED) is 0.745. The van der Waals surface area contributed by atoms with Gasteiger partial charge in [0.05, 0.1) is 12.2 Å². The maximum Gasteiger partial charge on any atom is 0.508 e. The number of rotatable bonds is 6. The minimum atomic E-state index is -0.669. The lowest BCUT2D eigenvalue weighted by Gasteiger charge is -2.21. The van der Waals surface area contributed by atoms with E-state index >= 15 is 0 Å². The normalized spacial score (nSPS) is 15.2. The van der Waals surface area contributed by atoms with Gasteiger partial charge in [0.25, 0.3) is 0 Å².